The van der Waals surface area contributed by atoms with Gasteiger partial charge in [0.2, 0.25) is 0 Å². The van der Waals surface area contributed by atoms with Gasteiger partial charge in [0, 0.05) is 12.3 Å². The summed E-state index contributed by atoms with van der Waals surface area (Å²) in [6.45, 7) is 16.9. The van der Waals surface area contributed by atoms with Crippen molar-refractivity contribution < 1.29 is 14.7 Å². The second-order valence-electron chi connectivity index (χ2n) is 15.0. The molecule has 186 valence electrons. The lowest BCUT2D eigenvalue weighted by atomic mass is 9.30. The van der Waals surface area contributed by atoms with E-state index in [1.54, 1.807) is 0 Å². The monoisotopic (exact) mass is 456 g/mol. The quantitative estimate of drug-likeness (QED) is 0.444. The van der Waals surface area contributed by atoms with Crippen molar-refractivity contribution in [1.29, 1.82) is 0 Å². The van der Waals surface area contributed by atoms with Crippen LogP contribution in [0.15, 0.2) is 0 Å². The molecule has 5 aliphatic rings. The van der Waals surface area contributed by atoms with E-state index in [1.165, 1.54) is 38.5 Å². The number of fused-ring (bicyclic) bond motifs is 7. The summed E-state index contributed by atoms with van der Waals surface area (Å²) in [5.74, 6) is 1.91. The van der Waals surface area contributed by atoms with Gasteiger partial charge in [0.25, 0.3) is 0 Å². The lowest BCUT2D eigenvalue weighted by Crippen LogP contribution is -2.68. The number of carbonyl (C=O) groups is 2. The van der Waals surface area contributed by atoms with Crippen LogP contribution in [0.25, 0.3) is 0 Å². The molecule has 0 aliphatic heterocycles. The summed E-state index contributed by atoms with van der Waals surface area (Å²) in [4.78, 5) is 25.0. The van der Waals surface area contributed by atoms with E-state index in [0.717, 1.165) is 32.1 Å². The molecule has 0 aromatic rings. The second kappa shape index (κ2) is 6.88. The fourth-order valence-corrected chi connectivity index (χ4v) is 11.2. The number of carboxylic acid groups (broad SMARTS) is 1. The van der Waals surface area contributed by atoms with Gasteiger partial charge in [-0.3, -0.25) is 9.59 Å². The molecule has 3 nitrogen and oxygen atoms in total. The van der Waals surface area contributed by atoms with Gasteiger partial charge >= 0.3 is 5.97 Å². The highest BCUT2D eigenvalue weighted by Crippen LogP contribution is 2.78. The zero-order chi connectivity index (χ0) is 24.2. The van der Waals surface area contributed by atoms with Crippen LogP contribution >= 0.6 is 0 Å². The largest absolute Gasteiger partial charge is 0.481 e. The van der Waals surface area contributed by atoms with E-state index < -0.39 is 11.4 Å². The van der Waals surface area contributed by atoms with Crippen LogP contribution in [0.4, 0.5) is 0 Å². The Bertz CT molecular complexity index is 880. The number of carboxylic acids is 1. The SMILES string of the molecule is C[C@H]1C(=O)CC[C@H]2[C@]3(C)CC[C@@]4(C)[C@H]5C[C@](C)(C(=O)O)CC[C@]5(C)CC[C@]4(C)[C@@H]3CC[C@@]21C. The molecule has 0 aromatic heterocycles. The van der Waals surface area contributed by atoms with E-state index in [0.29, 0.717) is 29.0 Å². The van der Waals surface area contributed by atoms with Crippen LogP contribution in [0.2, 0.25) is 0 Å². The third-order valence-corrected chi connectivity index (χ3v) is 14.0. The Morgan fingerprint density at radius 2 is 1.36 bits per heavy atom. The van der Waals surface area contributed by atoms with Crippen LogP contribution in [-0.2, 0) is 9.59 Å². The highest BCUT2D eigenvalue weighted by molar-refractivity contribution is 5.82. The Labute approximate surface area is 201 Å². The van der Waals surface area contributed by atoms with E-state index in [2.05, 4.69) is 41.5 Å². The molecule has 10 atom stereocenters. The van der Waals surface area contributed by atoms with Crippen LogP contribution in [0.3, 0.4) is 0 Å². The Kier molecular flexibility index (Phi) is 4.97. The molecule has 0 aromatic carbocycles. The lowest BCUT2D eigenvalue weighted by molar-refractivity contribution is -0.257. The first-order chi connectivity index (χ1) is 15.2. The number of Topliss-reactive ketones (excluding diaryl/α,β-unsaturated/α-hetero) is 1. The maximum atomic E-state index is 12.7. The standard InChI is InChI=1S/C30H48O3/c1-19-20(31)8-9-21-27(19,4)11-10-22-28(21,5)15-17-30(7)23-18-26(3,24(32)33)13-12-25(23,2)14-16-29(22,30)6/h19,21-23H,8-18H2,1-7H3,(H,32,33)/t19-,21+,22+,23-,25+,26+,27+,28-,29+,30-/m0/s1. The summed E-state index contributed by atoms with van der Waals surface area (Å²) >= 11 is 0. The molecule has 0 heterocycles. The van der Waals surface area contributed by atoms with Gasteiger partial charge in [-0.05, 0) is 116 Å². The fourth-order valence-electron chi connectivity index (χ4n) is 11.2. The zero-order valence-corrected chi connectivity index (χ0v) is 22.4. The number of rotatable bonds is 1. The maximum Gasteiger partial charge on any atom is 0.309 e. The number of aliphatic carboxylic acids is 1. The van der Waals surface area contributed by atoms with Gasteiger partial charge in [-0.1, -0.05) is 41.5 Å². The van der Waals surface area contributed by atoms with Crippen molar-refractivity contribution >= 4 is 11.8 Å². The van der Waals surface area contributed by atoms with Gasteiger partial charge in [0.15, 0.2) is 0 Å². The normalized spacial score (nSPS) is 58.5. The van der Waals surface area contributed by atoms with Gasteiger partial charge in [-0.15, -0.1) is 0 Å². The van der Waals surface area contributed by atoms with Crippen molar-refractivity contribution in [2.45, 2.75) is 119 Å². The minimum Gasteiger partial charge on any atom is -0.481 e. The Hall–Kier alpha value is -0.860. The number of ketones is 1. The third-order valence-electron chi connectivity index (χ3n) is 14.0. The maximum absolute atomic E-state index is 12.7. The summed E-state index contributed by atoms with van der Waals surface area (Å²) in [7, 11) is 0. The lowest BCUT2D eigenvalue weighted by Gasteiger charge is -2.74. The van der Waals surface area contributed by atoms with Gasteiger partial charge in [0.1, 0.15) is 5.78 Å². The summed E-state index contributed by atoms with van der Waals surface area (Å²) in [6, 6.07) is 0. The van der Waals surface area contributed by atoms with E-state index in [4.69, 9.17) is 0 Å². The van der Waals surface area contributed by atoms with Crippen molar-refractivity contribution in [3.8, 4) is 0 Å². The van der Waals surface area contributed by atoms with Crippen LogP contribution in [0.5, 0.6) is 0 Å². The minimum atomic E-state index is -0.588. The second-order valence-corrected chi connectivity index (χ2v) is 15.0. The molecule has 0 saturated heterocycles. The minimum absolute atomic E-state index is 0.153. The molecule has 0 unspecified atom stereocenters. The molecule has 1 N–H and O–H groups in total. The number of carbonyl (C=O) groups excluding carboxylic acids is 1. The van der Waals surface area contributed by atoms with Crippen molar-refractivity contribution in [2.24, 2.45) is 56.2 Å². The predicted octanol–water partition coefficient (Wildman–Crippen LogP) is 7.52. The smallest absolute Gasteiger partial charge is 0.309 e. The molecular weight excluding hydrogens is 408 g/mol. The van der Waals surface area contributed by atoms with E-state index in [1.807, 2.05) is 6.92 Å². The topological polar surface area (TPSA) is 54.4 Å². The van der Waals surface area contributed by atoms with Gasteiger partial charge in [0.05, 0.1) is 5.41 Å². The average Bonchev–Trinajstić information content (AvgIpc) is 2.74. The molecule has 0 radical (unpaired) electrons. The van der Waals surface area contributed by atoms with E-state index >= 15 is 0 Å². The first kappa shape index (κ1) is 23.9. The van der Waals surface area contributed by atoms with E-state index in [9.17, 15) is 14.7 Å². The predicted molar refractivity (Wildman–Crippen MR) is 132 cm³/mol. The number of hydrogen-bond acceptors (Lipinski definition) is 2. The molecule has 5 aliphatic carbocycles. The molecule has 0 bridgehead atoms. The molecule has 0 spiro atoms. The molecule has 3 heteroatoms. The van der Waals surface area contributed by atoms with Gasteiger partial charge in [-0.25, -0.2) is 0 Å². The van der Waals surface area contributed by atoms with Crippen LogP contribution in [-0.4, -0.2) is 16.9 Å². The molecule has 0 amide bonds. The van der Waals surface area contributed by atoms with Crippen LogP contribution < -0.4 is 0 Å². The van der Waals surface area contributed by atoms with Gasteiger partial charge < -0.3 is 5.11 Å². The van der Waals surface area contributed by atoms with Crippen LogP contribution in [0, 0.1) is 56.2 Å². The Morgan fingerprint density at radius 3 is 2.03 bits per heavy atom. The molecule has 5 saturated carbocycles. The van der Waals surface area contributed by atoms with Crippen molar-refractivity contribution in [3.63, 3.8) is 0 Å². The Morgan fingerprint density at radius 1 is 0.758 bits per heavy atom. The first-order valence-corrected chi connectivity index (χ1v) is 13.9. The first-order valence-electron chi connectivity index (χ1n) is 13.9. The Balaban J connectivity index is 1.54. The van der Waals surface area contributed by atoms with Crippen molar-refractivity contribution in [3.05, 3.63) is 0 Å². The summed E-state index contributed by atoms with van der Waals surface area (Å²) < 4.78 is 0. The van der Waals surface area contributed by atoms with E-state index in [-0.39, 0.29) is 27.6 Å². The van der Waals surface area contributed by atoms with Gasteiger partial charge in [-0.2, -0.15) is 0 Å². The summed E-state index contributed by atoms with van der Waals surface area (Å²) in [6.07, 6.45) is 12.0. The highest BCUT2D eigenvalue weighted by atomic mass is 16.4. The zero-order valence-electron chi connectivity index (χ0n) is 22.4. The summed E-state index contributed by atoms with van der Waals surface area (Å²) in [5, 5.41) is 10.1. The van der Waals surface area contributed by atoms with Crippen LogP contribution in [0.1, 0.15) is 119 Å². The molecule has 5 fully saturated rings. The highest BCUT2D eigenvalue weighted by Gasteiger charge is 2.71. The summed E-state index contributed by atoms with van der Waals surface area (Å²) in [5.41, 5.74) is 0.621. The molecular formula is C30H48O3. The molecule has 5 rings (SSSR count). The van der Waals surface area contributed by atoms with Crippen molar-refractivity contribution in [1.82, 2.24) is 0 Å². The molecule has 33 heavy (non-hydrogen) atoms. The average molecular weight is 457 g/mol. The number of hydrogen-bond donors (Lipinski definition) is 1. The fraction of sp³-hybridized carbons (Fsp3) is 0.933. The third kappa shape index (κ3) is 2.80. The van der Waals surface area contributed by atoms with Crippen molar-refractivity contribution in [2.75, 3.05) is 0 Å².